The lowest BCUT2D eigenvalue weighted by molar-refractivity contribution is -0.0519. The first-order valence-electron chi connectivity index (χ1n) is 13.5. The van der Waals surface area contributed by atoms with Crippen molar-refractivity contribution < 1.29 is 9.53 Å². The monoisotopic (exact) mass is 497 g/mol. The lowest BCUT2D eigenvalue weighted by Gasteiger charge is -2.65. The maximum Gasteiger partial charge on any atom is 0.252 e. The summed E-state index contributed by atoms with van der Waals surface area (Å²) in [6, 6.07) is 13.1. The highest BCUT2D eigenvalue weighted by molar-refractivity contribution is 5.97. The zero-order chi connectivity index (χ0) is 25.5. The molecule has 1 amide bonds. The highest BCUT2D eigenvalue weighted by Gasteiger charge is 2.89. The van der Waals surface area contributed by atoms with Crippen LogP contribution in [0.25, 0.3) is 11.1 Å². The Balaban J connectivity index is 1.09. The van der Waals surface area contributed by atoms with Crippen molar-refractivity contribution in [3.05, 3.63) is 65.5 Å². The van der Waals surface area contributed by atoms with Gasteiger partial charge in [-0.3, -0.25) is 14.4 Å². The van der Waals surface area contributed by atoms with Crippen LogP contribution < -0.4 is 15.0 Å². The van der Waals surface area contributed by atoms with Gasteiger partial charge in [0.15, 0.2) is 0 Å². The smallest absolute Gasteiger partial charge is 0.252 e. The Morgan fingerprint density at radius 1 is 1.14 bits per heavy atom. The summed E-state index contributed by atoms with van der Waals surface area (Å²) in [5.74, 6) is 0.722. The van der Waals surface area contributed by atoms with Crippen LogP contribution in [-0.2, 0) is 7.05 Å². The number of hydrogen-bond donors (Lipinski definition) is 1. The summed E-state index contributed by atoms with van der Waals surface area (Å²) < 4.78 is 7.35. The predicted octanol–water partition coefficient (Wildman–Crippen LogP) is 4.46. The molecule has 3 atom stereocenters. The van der Waals surface area contributed by atoms with Gasteiger partial charge in [0, 0.05) is 49.2 Å². The Bertz CT molecular complexity index is 1410. The number of anilines is 1. The Morgan fingerprint density at radius 3 is 2.62 bits per heavy atom. The maximum atomic E-state index is 13.5. The molecule has 192 valence electrons. The number of ether oxygens (including phenoxy) is 1. The molecule has 1 N–H and O–H groups in total. The van der Waals surface area contributed by atoms with Gasteiger partial charge in [0.25, 0.3) is 5.91 Å². The highest BCUT2D eigenvalue weighted by atomic mass is 16.5. The Kier molecular flexibility index (Phi) is 4.84. The molecule has 2 saturated heterocycles. The molecule has 2 aliphatic heterocycles. The molecule has 2 aliphatic carbocycles. The van der Waals surface area contributed by atoms with Gasteiger partial charge in [0.2, 0.25) is 0 Å². The van der Waals surface area contributed by atoms with E-state index in [4.69, 9.17) is 4.74 Å². The molecule has 0 radical (unpaired) electrons. The second-order valence-corrected chi connectivity index (χ2v) is 11.6. The molecule has 3 aromatic rings. The van der Waals surface area contributed by atoms with E-state index in [1.807, 2.05) is 45.4 Å². The number of hydrogen-bond acceptors (Lipinski definition) is 5. The van der Waals surface area contributed by atoms with Gasteiger partial charge in [-0.15, -0.1) is 0 Å². The Labute approximate surface area is 218 Å². The number of benzene rings is 2. The number of piperazine rings is 1. The molecule has 1 aromatic heterocycles. The lowest BCUT2D eigenvalue weighted by Crippen LogP contribution is -2.81. The standard InChI is InChI=1S/C30H35N5O2/c1-19-8-9-25(35-18-29-16-30(29,35)17-34(29)24-6-5-7-24)13-27(19)28(36)32-20(2)21-10-22(12-26(11-21)37-4)23-14-31-33(3)15-23/h8-15,20,24H,5-7,16-18H2,1-4H3,(H,32,36)/t20-,29+,30+/m1/s1. The van der Waals surface area contributed by atoms with Crippen molar-refractivity contribution in [1.29, 1.82) is 0 Å². The summed E-state index contributed by atoms with van der Waals surface area (Å²) in [4.78, 5) is 18.8. The van der Waals surface area contributed by atoms with Crippen LogP contribution in [0.1, 0.15) is 60.1 Å². The van der Waals surface area contributed by atoms with Crippen molar-refractivity contribution in [2.75, 3.05) is 25.1 Å². The molecule has 0 spiro atoms. The van der Waals surface area contributed by atoms with Crippen molar-refractivity contribution in [3.63, 3.8) is 0 Å². The van der Waals surface area contributed by atoms with Gasteiger partial charge in [-0.1, -0.05) is 12.5 Å². The van der Waals surface area contributed by atoms with Crippen LogP contribution in [0.4, 0.5) is 5.69 Å². The van der Waals surface area contributed by atoms with Gasteiger partial charge in [-0.25, -0.2) is 0 Å². The van der Waals surface area contributed by atoms with Crippen molar-refractivity contribution in [1.82, 2.24) is 20.0 Å². The van der Waals surface area contributed by atoms with Crippen LogP contribution in [-0.4, -0.2) is 57.9 Å². The van der Waals surface area contributed by atoms with Crippen molar-refractivity contribution in [2.45, 2.75) is 62.7 Å². The molecule has 3 heterocycles. The molecule has 2 aromatic carbocycles. The first-order chi connectivity index (χ1) is 17.8. The minimum Gasteiger partial charge on any atom is -0.497 e. The molecule has 7 rings (SSSR count). The van der Waals surface area contributed by atoms with Gasteiger partial charge in [-0.2, -0.15) is 5.10 Å². The van der Waals surface area contributed by atoms with Crippen molar-refractivity contribution in [2.24, 2.45) is 7.05 Å². The number of aromatic nitrogens is 2. The quantitative estimate of drug-likeness (QED) is 0.522. The summed E-state index contributed by atoms with van der Waals surface area (Å²) in [7, 11) is 3.57. The summed E-state index contributed by atoms with van der Waals surface area (Å²) in [5.41, 5.74) is 6.75. The molecule has 0 unspecified atom stereocenters. The summed E-state index contributed by atoms with van der Waals surface area (Å²) in [5, 5.41) is 7.53. The SMILES string of the molecule is COc1cc(-c2cnn(C)c2)cc([C@@H](C)NC(=O)c2cc(N3C[C@@]45C[C@@]34CN5C3CCC3)ccc2C)c1. The summed E-state index contributed by atoms with van der Waals surface area (Å²) in [6.45, 7) is 6.34. The first-order valence-corrected chi connectivity index (χ1v) is 13.5. The van der Waals surface area contributed by atoms with Gasteiger partial charge in [0.1, 0.15) is 5.75 Å². The normalized spacial score (nSPS) is 26.8. The van der Waals surface area contributed by atoms with E-state index in [2.05, 4.69) is 44.5 Å². The van der Waals surface area contributed by atoms with E-state index in [1.54, 1.807) is 11.8 Å². The third-order valence-corrected chi connectivity index (χ3v) is 9.59. The largest absolute Gasteiger partial charge is 0.497 e. The average Bonchev–Trinajstić information content (AvgIpc) is 3.21. The molecule has 4 aliphatic rings. The second-order valence-electron chi connectivity index (χ2n) is 11.6. The van der Waals surface area contributed by atoms with Crippen LogP contribution in [0, 0.1) is 6.92 Å². The fourth-order valence-electron chi connectivity index (χ4n) is 7.02. The molecule has 7 nitrogen and oxygen atoms in total. The first kappa shape index (κ1) is 22.8. The van der Waals surface area contributed by atoms with Gasteiger partial charge in [-0.05, 0) is 80.1 Å². The zero-order valence-corrected chi connectivity index (χ0v) is 22.1. The average molecular weight is 498 g/mol. The number of amides is 1. The third kappa shape index (κ3) is 3.22. The number of nitrogens with one attached hydrogen (secondary N) is 1. The van der Waals surface area contributed by atoms with E-state index in [-0.39, 0.29) is 11.9 Å². The van der Waals surface area contributed by atoms with Gasteiger partial charge >= 0.3 is 0 Å². The topological polar surface area (TPSA) is 62.6 Å². The van der Waals surface area contributed by atoms with Crippen LogP contribution in [0.2, 0.25) is 0 Å². The van der Waals surface area contributed by atoms with E-state index in [9.17, 15) is 4.79 Å². The van der Waals surface area contributed by atoms with Crippen molar-refractivity contribution >= 4 is 11.6 Å². The van der Waals surface area contributed by atoms with E-state index < -0.39 is 0 Å². The Morgan fingerprint density at radius 2 is 1.97 bits per heavy atom. The highest BCUT2D eigenvalue weighted by Crippen LogP contribution is 2.74. The number of rotatable bonds is 7. The zero-order valence-electron chi connectivity index (χ0n) is 22.1. The Hall–Kier alpha value is -3.32. The number of likely N-dealkylation sites (tertiary alicyclic amines) is 1. The molecule has 37 heavy (non-hydrogen) atoms. The molecular formula is C30H35N5O2. The van der Waals surface area contributed by atoms with Crippen LogP contribution in [0.3, 0.4) is 0 Å². The number of methoxy groups -OCH3 is 1. The fourth-order valence-corrected chi connectivity index (χ4v) is 7.02. The van der Waals surface area contributed by atoms with E-state index in [0.29, 0.717) is 11.1 Å². The number of aryl methyl sites for hydroxylation is 2. The minimum atomic E-state index is -0.178. The third-order valence-electron chi connectivity index (χ3n) is 9.59. The van der Waals surface area contributed by atoms with E-state index >= 15 is 0 Å². The number of nitrogens with zero attached hydrogens (tertiary/aromatic N) is 4. The minimum absolute atomic E-state index is 0.0395. The number of carbonyl (C=O) groups excluding carboxylic acids is 1. The molecular weight excluding hydrogens is 462 g/mol. The van der Waals surface area contributed by atoms with Crippen molar-refractivity contribution in [3.8, 4) is 16.9 Å². The molecule has 0 bridgehead atoms. The predicted molar refractivity (Wildman–Crippen MR) is 144 cm³/mol. The fraction of sp³-hybridized carbons (Fsp3) is 0.467. The lowest BCUT2D eigenvalue weighted by atomic mass is 9.78. The van der Waals surface area contributed by atoms with E-state index in [0.717, 1.165) is 46.2 Å². The van der Waals surface area contributed by atoms with Crippen LogP contribution >= 0.6 is 0 Å². The van der Waals surface area contributed by atoms with Gasteiger partial charge in [0.05, 0.1) is 30.4 Å². The second kappa shape index (κ2) is 7.84. The number of carbonyl (C=O) groups is 1. The summed E-state index contributed by atoms with van der Waals surface area (Å²) in [6.07, 6.45) is 9.26. The maximum absolute atomic E-state index is 13.5. The van der Waals surface area contributed by atoms with Crippen LogP contribution in [0.15, 0.2) is 48.8 Å². The molecule has 2 saturated carbocycles. The van der Waals surface area contributed by atoms with E-state index in [1.165, 1.54) is 37.9 Å². The van der Waals surface area contributed by atoms with Gasteiger partial charge < -0.3 is 15.0 Å². The molecule has 4 fully saturated rings. The summed E-state index contributed by atoms with van der Waals surface area (Å²) >= 11 is 0. The molecule has 7 heteroatoms. The van der Waals surface area contributed by atoms with Crippen LogP contribution in [0.5, 0.6) is 5.75 Å².